The van der Waals surface area contributed by atoms with Crippen molar-refractivity contribution in [3.8, 4) is 5.75 Å². The van der Waals surface area contributed by atoms with E-state index in [9.17, 15) is 4.79 Å². The summed E-state index contributed by atoms with van der Waals surface area (Å²) in [5, 5.41) is 5.88. The Labute approximate surface area is 162 Å². The molecule has 0 heterocycles. The molecular weight excluding hydrogens is 366 g/mol. The molecule has 3 aromatic rings. The Kier molecular flexibility index (Phi) is 6.81. The topological polar surface area (TPSA) is 38.3 Å². The molecule has 0 aromatic heterocycles. The van der Waals surface area contributed by atoms with Crippen molar-refractivity contribution in [3.63, 3.8) is 0 Å². The van der Waals surface area contributed by atoms with Gasteiger partial charge in [-0.15, -0.1) is 0 Å². The highest BCUT2D eigenvalue weighted by molar-refractivity contribution is 7.98. The van der Waals surface area contributed by atoms with Crippen molar-refractivity contribution in [2.45, 2.75) is 5.75 Å². The smallest absolute Gasteiger partial charge is 0.257 e. The van der Waals surface area contributed by atoms with Gasteiger partial charge in [-0.25, -0.2) is 0 Å². The van der Waals surface area contributed by atoms with Gasteiger partial charge in [-0.2, -0.15) is 11.8 Å². The molecule has 3 nitrogen and oxygen atoms in total. The first-order valence-electron chi connectivity index (χ1n) is 8.41. The molecule has 1 N–H and O–H groups in total. The van der Waals surface area contributed by atoms with E-state index in [1.807, 2.05) is 66.7 Å². The largest absolute Gasteiger partial charge is 0.484 e. The number of ether oxygens (including phenoxy) is 1. The number of nitrogens with one attached hydrogen (secondary N) is 1. The lowest BCUT2D eigenvalue weighted by Crippen LogP contribution is -2.30. The van der Waals surface area contributed by atoms with Crippen molar-refractivity contribution in [3.05, 3.63) is 77.3 Å². The van der Waals surface area contributed by atoms with Crippen LogP contribution in [0.1, 0.15) is 5.56 Å². The van der Waals surface area contributed by atoms with Crippen LogP contribution < -0.4 is 10.1 Å². The van der Waals surface area contributed by atoms with Crippen molar-refractivity contribution >= 4 is 40.0 Å². The van der Waals surface area contributed by atoms with E-state index in [1.54, 1.807) is 11.8 Å². The third kappa shape index (κ3) is 5.68. The molecule has 0 radical (unpaired) electrons. The van der Waals surface area contributed by atoms with E-state index in [4.69, 9.17) is 16.3 Å². The van der Waals surface area contributed by atoms with Crippen molar-refractivity contribution in [1.29, 1.82) is 0 Å². The molecular formula is C21H20ClNO2S. The second-order valence-electron chi connectivity index (χ2n) is 5.83. The maximum atomic E-state index is 11.9. The van der Waals surface area contributed by atoms with Gasteiger partial charge >= 0.3 is 0 Å². The van der Waals surface area contributed by atoms with Gasteiger partial charge in [0, 0.05) is 23.1 Å². The Hall–Kier alpha value is -2.17. The van der Waals surface area contributed by atoms with Crippen molar-refractivity contribution in [2.75, 3.05) is 18.9 Å². The van der Waals surface area contributed by atoms with Gasteiger partial charge < -0.3 is 10.1 Å². The van der Waals surface area contributed by atoms with Crippen molar-refractivity contribution in [2.24, 2.45) is 0 Å². The zero-order valence-corrected chi connectivity index (χ0v) is 15.9. The fourth-order valence-corrected chi connectivity index (χ4v) is 3.44. The summed E-state index contributed by atoms with van der Waals surface area (Å²) in [5.74, 6) is 2.35. The van der Waals surface area contributed by atoms with Crippen LogP contribution in [0.5, 0.6) is 5.75 Å². The molecule has 3 rings (SSSR count). The Morgan fingerprint density at radius 3 is 2.58 bits per heavy atom. The van der Waals surface area contributed by atoms with Crippen molar-refractivity contribution in [1.82, 2.24) is 5.32 Å². The Morgan fingerprint density at radius 1 is 1.00 bits per heavy atom. The number of benzene rings is 3. The quantitative estimate of drug-likeness (QED) is 0.559. The zero-order chi connectivity index (χ0) is 18.2. The minimum absolute atomic E-state index is 0.0280. The molecule has 0 saturated heterocycles. The van der Waals surface area contributed by atoms with E-state index < -0.39 is 0 Å². The van der Waals surface area contributed by atoms with Crippen LogP contribution in [0.3, 0.4) is 0 Å². The summed E-state index contributed by atoms with van der Waals surface area (Å²) in [4.78, 5) is 11.9. The minimum atomic E-state index is -0.106. The van der Waals surface area contributed by atoms with Gasteiger partial charge in [-0.3, -0.25) is 4.79 Å². The Morgan fingerprint density at radius 2 is 1.77 bits per heavy atom. The summed E-state index contributed by atoms with van der Waals surface area (Å²) in [5.41, 5.74) is 1.23. The Balaban J connectivity index is 1.34. The van der Waals surface area contributed by atoms with Crippen LogP contribution in [0.2, 0.25) is 5.02 Å². The number of hydrogen-bond donors (Lipinski definition) is 1. The van der Waals surface area contributed by atoms with Crippen LogP contribution in [0, 0.1) is 0 Å². The second-order valence-corrected chi connectivity index (χ2v) is 7.37. The first-order valence-corrected chi connectivity index (χ1v) is 9.94. The molecule has 26 heavy (non-hydrogen) atoms. The number of hydrogen-bond acceptors (Lipinski definition) is 3. The lowest BCUT2D eigenvalue weighted by molar-refractivity contribution is -0.122. The molecule has 0 unspecified atom stereocenters. The molecule has 0 saturated carbocycles. The monoisotopic (exact) mass is 385 g/mol. The van der Waals surface area contributed by atoms with Gasteiger partial charge in [-0.05, 0) is 40.6 Å². The van der Waals surface area contributed by atoms with Crippen molar-refractivity contribution < 1.29 is 9.53 Å². The van der Waals surface area contributed by atoms with Crippen LogP contribution in [-0.4, -0.2) is 24.8 Å². The molecule has 0 aliphatic carbocycles. The van der Waals surface area contributed by atoms with E-state index >= 15 is 0 Å². The van der Waals surface area contributed by atoms with Crippen LogP contribution in [0.4, 0.5) is 0 Å². The normalized spacial score (nSPS) is 10.7. The molecule has 134 valence electrons. The third-order valence-corrected chi connectivity index (χ3v) is 5.12. The summed E-state index contributed by atoms with van der Waals surface area (Å²) in [6.07, 6.45) is 0. The number of thioether (sulfide) groups is 1. The highest BCUT2D eigenvalue weighted by Crippen LogP contribution is 2.20. The number of carbonyl (C=O) groups excluding carboxylic acids is 1. The maximum absolute atomic E-state index is 11.9. The highest BCUT2D eigenvalue weighted by atomic mass is 35.5. The minimum Gasteiger partial charge on any atom is -0.484 e. The SMILES string of the molecule is O=C(COc1ccc2ccccc2c1)NCCSCc1ccc(Cl)cc1. The van der Waals surface area contributed by atoms with Gasteiger partial charge in [0.2, 0.25) is 0 Å². The molecule has 0 aliphatic rings. The predicted molar refractivity (Wildman–Crippen MR) is 110 cm³/mol. The number of carbonyl (C=O) groups is 1. The second kappa shape index (κ2) is 9.51. The first-order chi connectivity index (χ1) is 12.7. The van der Waals surface area contributed by atoms with E-state index in [-0.39, 0.29) is 12.5 Å². The average molecular weight is 386 g/mol. The number of rotatable bonds is 8. The Bertz CT molecular complexity index is 867. The number of amides is 1. The van der Waals surface area contributed by atoms with E-state index in [0.29, 0.717) is 12.3 Å². The average Bonchev–Trinajstić information content (AvgIpc) is 2.67. The first kappa shape index (κ1) is 18.6. The van der Waals surface area contributed by atoms with Crippen LogP contribution in [0.25, 0.3) is 10.8 Å². The summed E-state index contributed by atoms with van der Waals surface area (Å²) in [7, 11) is 0. The molecule has 0 bridgehead atoms. The fraction of sp³-hybridized carbons (Fsp3) is 0.190. The van der Waals surface area contributed by atoms with Crippen LogP contribution in [-0.2, 0) is 10.5 Å². The summed E-state index contributed by atoms with van der Waals surface area (Å²) >= 11 is 7.64. The zero-order valence-electron chi connectivity index (χ0n) is 14.3. The van der Waals surface area contributed by atoms with E-state index in [0.717, 1.165) is 27.3 Å². The number of halogens is 1. The molecule has 0 fully saturated rings. The van der Waals surface area contributed by atoms with E-state index in [1.165, 1.54) is 5.56 Å². The van der Waals surface area contributed by atoms with Gasteiger partial charge in [0.25, 0.3) is 5.91 Å². The third-order valence-electron chi connectivity index (χ3n) is 3.84. The van der Waals surface area contributed by atoms with Gasteiger partial charge in [0.15, 0.2) is 6.61 Å². The standard InChI is InChI=1S/C21H20ClNO2S/c22-19-8-5-16(6-9-19)15-26-12-11-23-21(24)14-25-20-10-7-17-3-1-2-4-18(17)13-20/h1-10,13H,11-12,14-15H2,(H,23,24). The molecule has 0 aliphatic heterocycles. The lowest BCUT2D eigenvalue weighted by Gasteiger charge is -2.08. The molecule has 3 aromatic carbocycles. The summed E-state index contributed by atoms with van der Waals surface area (Å²) in [6.45, 7) is 0.651. The van der Waals surface area contributed by atoms with Gasteiger partial charge in [-0.1, -0.05) is 54.1 Å². The highest BCUT2D eigenvalue weighted by Gasteiger charge is 2.03. The van der Waals surface area contributed by atoms with E-state index in [2.05, 4.69) is 5.32 Å². The molecule has 0 spiro atoms. The van der Waals surface area contributed by atoms with Gasteiger partial charge in [0.1, 0.15) is 5.75 Å². The molecule has 5 heteroatoms. The maximum Gasteiger partial charge on any atom is 0.257 e. The molecule has 0 atom stereocenters. The van der Waals surface area contributed by atoms with Gasteiger partial charge in [0.05, 0.1) is 0 Å². The fourth-order valence-electron chi connectivity index (χ4n) is 2.49. The van der Waals surface area contributed by atoms with Crippen LogP contribution in [0.15, 0.2) is 66.7 Å². The van der Waals surface area contributed by atoms with Crippen LogP contribution >= 0.6 is 23.4 Å². The summed E-state index contributed by atoms with van der Waals surface area (Å²) < 4.78 is 5.58. The molecule has 1 amide bonds. The predicted octanol–water partition coefficient (Wildman–Crippen LogP) is 4.92. The summed E-state index contributed by atoms with van der Waals surface area (Å²) in [6, 6.07) is 21.7. The lowest BCUT2D eigenvalue weighted by atomic mass is 10.1. The number of fused-ring (bicyclic) bond motifs is 1.